The number of benzene rings is 4. The average Bonchev–Trinajstić information content (AvgIpc) is 4.07. The SMILES string of the molecule is N#C/C(=C\c1ccc(-c2c3nc(cc4ccc([nH]4)c(-c4ccc(N(c5ccccc5)c5ccccc5)cc4)c4nc(cc5ccc2[nH]5)C=C4)C=C3)cc1)C(=O)O. The van der Waals surface area contributed by atoms with Crippen molar-refractivity contribution in [3.05, 3.63) is 180 Å². The number of nitrogens with zero attached hydrogens (tertiary/aromatic N) is 4. The topological polar surface area (TPSA) is 122 Å². The highest BCUT2D eigenvalue weighted by Crippen LogP contribution is 2.37. The van der Waals surface area contributed by atoms with Crippen molar-refractivity contribution in [3.63, 3.8) is 0 Å². The van der Waals surface area contributed by atoms with Crippen molar-refractivity contribution in [3.8, 4) is 28.3 Å². The molecule has 2 aliphatic heterocycles. The van der Waals surface area contributed by atoms with Crippen molar-refractivity contribution >= 4 is 75.5 Å². The molecule has 0 fully saturated rings. The number of carboxylic acid groups (broad SMARTS) is 1. The number of anilines is 3. The number of aliphatic carboxylic acids is 1. The number of carbonyl (C=O) groups is 1. The maximum atomic E-state index is 11.4. The van der Waals surface area contributed by atoms with Crippen molar-refractivity contribution in [2.45, 2.75) is 0 Å². The van der Waals surface area contributed by atoms with Gasteiger partial charge in [0, 0.05) is 50.3 Å². The zero-order chi connectivity index (χ0) is 38.0. The van der Waals surface area contributed by atoms with E-state index < -0.39 is 5.97 Å². The van der Waals surface area contributed by atoms with Crippen LogP contribution >= 0.6 is 0 Å². The molecule has 56 heavy (non-hydrogen) atoms. The fourth-order valence-electron chi connectivity index (χ4n) is 7.11. The Kier molecular flexibility index (Phi) is 8.70. The summed E-state index contributed by atoms with van der Waals surface area (Å²) in [6.07, 6.45) is 9.44. The van der Waals surface area contributed by atoms with E-state index in [4.69, 9.17) is 9.97 Å². The van der Waals surface area contributed by atoms with Crippen molar-refractivity contribution in [1.82, 2.24) is 19.9 Å². The van der Waals surface area contributed by atoms with Crippen LogP contribution in [-0.2, 0) is 4.79 Å². The Morgan fingerprint density at radius 2 is 1.05 bits per heavy atom. The first kappa shape index (κ1) is 33.8. The summed E-state index contributed by atoms with van der Waals surface area (Å²) in [6.45, 7) is 0. The predicted octanol–water partition coefficient (Wildman–Crippen LogP) is 11.5. The minimum Gasteiger partial charge on any atom is -0.477 e. The molecule has 0 atom stereocenters. The maximum Gasteiger partial charge on any atom is 0.346 e. The third-order valence-corrected chi connectivity index (χ3v) is 9.70. The van der Waals surface area contributed by atoms with E-state index in [2.05, 4.69) is 106 Å². The molecular weight excluding hydrogens is 693 g/mol. The summed E-state index contributed by atoms with van der Waals surface area (Å²) in [5.41, 5.74) is 14.0. The van der Waals surface area contributed by atoms with Crippen molar-refractivity contribution in [2.75, 3.05) is 4.90 Å². The van der Waals surface area contributed by atoms with Crippen LogP contribution in [0.2, 0.25) is 0 Å². The molecule has 0 radical (unpaired) electrons. The molecule has 4 aromatic carbocycles. The molecule has 0 unspecified atom stereocenters. The van der Waals surface area contributed by atoms with Gasteiger partial charge >= 0.3 is 5.97 Å². The second-order valence-electron chi connectivity index (χ2n) is 13.4. The van der Waals surface area contributed by atoms with Crippen molar-refractivity contribution < 1.29 is 9.90 Å². The Morgan fingerprint density at radius 1 is 0.589 bits per heavy atom. The Balaban J connectivity index is 1.18. The molecule has 0 aliphatic carbocycles. The number of nitriles is 1. The average molecular weight is 725 g/mol. The van der Waals surface area contributed by atoms with Crippen LogP contribution in [0.5, 0.6) is 0 Å². The lowest BCUT2D eigenvalue weighted by Crippen LogP contribution is -2.09. The number of carboxylic acids is 1. The third kappa shape index (κ3) is 6.68. The molecule has 0 saturated heterocycles. The smallest absolute Gasteiger partial charge is 0.346 e. The summed E-state index contributed by atoms with van der Waals surface area (Å²) in [7, 11) is 0. The van der Waals surface area contributed by atoms with Crippen LogP contribution in [-0.4, -0.2) is 31.0 Å². The molecule has 5 heterocycles. The van der Waals surface area contributed by atoms with E-state index in [1.54, 1.807) is 18.2 Å². The number of H-pyrrole nitrogens is 2. The number of fused-ring (bicyclic) bond motifs is 8. The summed E-state index contributed by atoms with van der Waals surface area (Å²) in [5.74, 6) is -1.26. The highest BCUT2D eigenvalue weighted by molar-refractivity contribution is 5.97. The molecule has 8 heteroatoms. The normalized spacial score (nSPS) is 12.0. The maximum absolute atomic E-state index is 11.4. The van der Waals surface area contributed by atoms with E-state index in [9.17, 15) is 15.2 Å². The highest BCUT2D eigenvalue weighted by atomic mass is 16.4. The molecule has 3 aromatic heterocycles. The number of hydrogen-bond acceptors (Lipinski definition) is 5. The lowest BCUT2D eigenvalue weighted by atomic mass is 10.0. The number of aromatic nitrogens is 4. The molecule has 2 aliphatic rings. The van der Waals surface area contributed by atoms with E-state index in [-0.39, 0.29) is 5.57 Å². The van der Waals surface area contributed by atoms with E-state index >= 15 is 0 Å². The summed E-state index contributed by atoms with van der Waals surface area (Å²) in [5, 5.41) is 18.5. The highest BCUT2D eigenvalue weighted by Gasteiger charge is 2.16. The van der Waals surface area contributed by atoms with Gasteiger partial charge in [-0.25, -0.2) is 14.8 Å². The summed E-state index contributed by atoms with van der Waals surface area (Å²) in [6, 6.07) is 50.7. The first-order chi connectivity index (χ1) is 27.5. The van der Waals surface area contributed by atoms with Crippen LogP contribution in [0.4, 0.5) is 17.1 Å². The quantitative estimate of drug-likeness (QED) is 0.111. The molecule has 0 amide bonds. The Labute approximate surface area is 322 Å². The molecular formula is C48H32N6O2. The molecule has 0 spiro atoms. The number of rotatable bonds is 7. The molecule has 0 saturated carbocycles. The second kappa shape index (κ2) is 14.4. The lowest BCUT2D eigenvalue weighted by Gasteiger charge is -2.25. The molecule has 8 bridgehead atoms. The Bertz CT molecular complexity index is 2890. The standard InChI is InChI=1S/C48H32N6O2/c49-30-34(48(55)56)27-31-11-13-32(14-12-31)46-42-23-17-35(50-42)28-37-19-25-44(52-37)47(45-26-20-38(53-45)29-36-18-24-43(46)51-36)33-15-21-41(22-16-33)54(39-7-3-1-4-8-39)40-9-5-2-6-10-40/h1-29,50,53H,(H,55,56)/b34-27+,35-28?,36-29?,37-28?,38-29?,46-42?,46-43?,47-44?,47-45?. The van der Waals surface area contributed by atoms with Crippen LogP contribution in [0.1, 0.15) is 28.3 Å². The van der Waals surface area contributed by atoms with Gasteiger partial charge in [0.2, 0.25) is 0 Å². The summed E-state index contributed by atoms with van der Waals surface area (Å²) < 4.78 is 0. The van der Waals surface area contributed by atoms with Crippen LogP contribution in [0.3, 0.4) is 0 Å². The number of para-hydroxylation sites is 2. The van der Waals surface area contributed by atoms with Gasteiger partial charge in [-0.3, -0.25) is 0 Å². The largest absolute Gasteiger partial charge is 0.477 e. The fourth-order valence-corrected chi connectivity index (χ4v) is 7.11. The van der Waals surface area contributed by atoms with Crippen LogP contribution < -0.4 is 4.90 Å². The van der Waals surface area contributed by atoms with Gasteiger partial charge in [0.05, 0.1) is 22.8 Å². The summed E-state index contributed by atoms with van der Waals surface area (Å²) in [4.78, 5) is 31.0. The van der Waals surface area contributed by atoms with E-state index in [1.165, 1.54) is 6.08 Å². The van der Waals surface area contributed by atoms with Gasteiger partial charge in [-0.1, -0.05) is 72.8 Å². The summed E-state index contributed by atoms with van der Waals surface area (Å²) >= 11 is 0. The molecule has 3 N–H and O–H groups in total. The lowest BCUT2D eigenvalue weighted by molar-refractivity contribution is -0.132. The van der Waals surface area contributed by atoms with Crippen LogP contribution in [0, 0.1) is 11.3 Å². The van der Waals surface area contributed by atoms with E-state index in [0.717, 1.165) is 84.2 Å². The molecule has 9 rings (SSSR count). The zero-order valence-corrected chi connectivity index (χ0v) is 29.9. The third-order valence-electron chi connectivity index (χ3n) is 9.70. The number of nitrogens with one attached hydrogen (secondary N) is 2. The minimum absolute atomic E-state index is 0.328. The van der Waals surface area contributed by atoms with Crippen molar-refractivity contribution in [1.29, 1.82) is 5.26 Å². The predicted molar refractivity (Wildman–Crippen MR) is 226 cm³/mol. The van der Waals surface area contributed by atoms with Crippen molar-refractivity contribution in [2.24, 2.45) is 0 Å². The molecule has 266 valence electrons. The van der Waals surface area contributed by atoms with Gasteiger partial charge in [-0.05, 0) is 120 Å². The Morgan fingerprint density at radius 3 is 1.52 bits per heavy atom. The van der Waals surface area contributed by atoms with E-state index in [1.807, 2.05) is 66.8 Å². The van der Waals surface area contributed by atoms with Gasteiger partial charge in [-0.2, -0.15) is 5.26 Å². The first-order valence-corrected chi connectivity index (χ1v) is 18.1. The second-order valence-corrected chi connectivity index (χ2v) is 13.4. The van der Waals surface area contributed by atoms with Gasteiger partial charge in [0.1, 0.15) is 11.6 Å². The molecule has 8 nitrogen and oxygen atoms in total. The number of hydrogen-bond donors (Lipinski definition) is 3. The van der Waals surface area contributed by atoms with E-state index in [0.29, 0.717) is 5.56 Å². The van der Waals surface area contributed by atoms with Crippen LogP contribution in [0.15, 0.2) is 151 Å². The van der Waals surface area contributed by atoms with Gasteiger partial charge in [0.15, 0.2) is 0 Å². The van der Waals surface area contributed by atoms with Gasteiger partial charge < -0.3 is 20.0 Å². The Hall–Kier alpha value is -8.02. The van der Waals surface area contributed by atoms with Gasteiger partial charge in [-0.15, -0.1) is 0 Å². The first-order valence-electron chi connectivity index (χ1n) is 18.1. The van der Waals surface area contributed by atoms with Crippen LogP contribution in [0.25, 0.3) is 74.7 Å². The molecule has 7 aromatic rings. The monoisotopic (exact) mass is 724 g/mol. The number of aromatic amines is 2. The van der Waals surface area contributed by atoms with Gasteiger partial charge in [0.25, 0.3) is 0 Å². The zero-order valence-electron chi connectivity index (χ0n) is 29.9. The fraction of sp³-hybridized carbons (Fsp3) is 0. The minimum atomic E-state index is -1.26.